The number of anilines is 1. The Morgan fingerprint density at radius 3 is 2.21 bits per heavy atom. The smallest absolute Gasteiger partial charge is 0.255 e. The second-order valence-electron chi connectivity index (χ2n) is 6.34. The van der Waals surface area contributed by atoms with Crippen molar-refractivity contribution in [1.82, 2.24) is 0 Å². The lowest BCUT2D eigenvalue weighted by Crippen LogP contribution is -2.24. The number of ketones is 1. The summed E-state index contributed by atoms with van der Waals surface area (Å²) in [5.74, 6) is 0.747. The maximum absolute atomic E-state index is 12.6. The van der Waals surface area contributed by atoms with Crippen LogP contribution in [0.1, 0.15) is 27.6 Å². The summed E-state index contributed by atoms with van der Waals surface area (Å²) < 4.78 is 10.9. The third-order valence-electron chi connectivity index (χ3n) is 4.25. The first-order valence-corrected chi connectivity index (χ1v) is 9.36. The van der Waals surface area contributed by atoms with Crippen molar-refractivity contribution < 1.29 is 19.1 Å². The molecule has 6 heteroatoms. The van der Waals surface area contributed by atoms with Crippen molar-refractivity contribution in [3.8, 4) is 11.5 Å². The molecule has 0 bridgehead atoms. The highest BCUT2D eigenvalue weighted by atomic mass is 35.5. The highest BCUT2D eigenvalue weighted by Crippen LogP contribution is 2.21. The van der Waals surface area contributed by atoms with Crippen LogP contribution < -0.4 is 14.8 Å². The van der Waals surface area contributed by atoms with Crippen LogP contribution >= 0.6 is 11.6 Å². The molecule has 0 fully saturated rings. The number of methoxy groups -OCH3 is 1. The molecule has 0 saturated carbocycles. The van der Waals surface area contributed by atoms with Gasteiger partial charge < -0.3 is 14.8 Å². The standard InChI is InChI=1S/C23H20ClNO4/c1-15(22(26)16-8-12-20(28-2)13-9-16)29-21-5-3-4-19(14-21)25-23(27)17-6-10-18(24)11-7-17/h3-15H,1-2H3,(H,25,27). The van der Waals surface area contributed by atoms with Crippen LogP contribution in [0.25, 0.3) is 0 Å². The van der Waals surface area contributed by atoms with Crippen molar-refractivity contribution in [2.45, 2.75) is 13.0 Å². The van der Waals surface area contributed by atoms with Crippen molar-refractivity contribution >= 4 is 29.0 Å². The lowest BCUT2D eigenvalue weighted by molar-refractivity contribution is 0.0818. The molecule has 1 N–H and O–H groups in total. The fourth-order valence-corrected chi connectivity index (χ4v) is 2.83. The van der Waals surface area contributed by atoms with Crippen molar-refractivity contribution in [2.24, 2.45) is 0 Å². The summed E-state index contributed by atoms with van der Waals surface area (Å²) in [6, 6.07) is 20.4. The van der Waals surface area contributed by atoms with Gasteiger partial charge in [-0.05, 0) is 67.6 Å². The molecule has 0 radical (unpaired) electrons. The summed E-state index contributed by atoms with van der Waals surface area (Å²) in [5, 5.41) is 3.37. The maximum Gasteiger partial charge on any atom is 0.255 e. The molecule has 3 aromatic rings. The van der Waals surface area contributed by atoms with Crippen molar-refractivity contribution in [3.05, 3.63) is 88.9 Å². The Bertz CT molecular complexity index is 1000. The van der Waals surface area contributed by atoms with Gasteiger partial charge in [0, 0.05) is 27.9 Å². The zero-order valence-corrected chi connectivity index (χ0v) is 16.8. The van der Waals surface area contributed by atoms with Crippen LogP contribution in [0.2, 0.25) is 5.02 Å². The Hall–Kier alpha value is -3.31. The summed E-state index contributed by atoms with van der Waals surface area (Å²) >= 11 is 5.85. The zero-order valence-electron chi connectivity index (χ0n) is 16.0. The number of ether oxygens (including phenoxy) is 2. The van der Waals surface area contributed by atoms with E-state index in [1.54, 1.807) is 86.8 Å². The van der Waals surface area contributed by atoms with E-state index < -0.39 is 6.10 Å². The molecule has 0 aliphatic rings. The summed E-state index contributed by atoms with van der Waals surface area (Å²) in [4.78, 5) is 24.9. The number of halogens is 1. The molecule has 0 aliphatic carbocycles. The van der Waals surface area contributed by atoms with Crippen molar-refractivity contribution in [2.75, 3.05) is 12.4 Å². The van der Waals surface area contributed by atoms with Gasteiger partial charge >= 0.3 is 0 Å². The number of amides is 1. The third-order valence-corrected chi connectivity index (χ3v) is 4.51. The van der Waals surface area contributed by atoms with Crippen molar-refractivity contribution in [3.63, 3.8) is 0 Å². The molecular weight excluding hydrogens is 390 g/mol. The number of nitrogens with one attached hydrogen (secondary N) is 1. The van der Waals surface area contributed by atoms with E-state index >= 15 is 0 Å². The predicted octanol–water partition coefficient (Wildman–Crippen LogP) is 5.25. The van der Waals surface area contributed by atoms with E-state index in [1.165, 1.54) is 0 Å². The largest absolute Gasteiger partial charge is 0.497 e. The van der Waals surface area contributed by atoms with Crippen LogP contribution in [-0.2, 0) is 0 Å². The molecule has 3 aromatic carbocycles. The van der Waals surface area contributed by atoms with Gasteiger partial charge in [0.2, 0.25) is 5.78 Å². The van der Waals surface area contributed by atoms with E-state index in [4.69, 9.17) is 21.1 Å². The Kier molecular flexibility index (Phi) is 6.52. The predicted molar refractivity (Wildman–Crippen MR) is 113 cm³/mol. The second-order valence-corrected chi connectivity index (χ2v) is 6.78. The van der Waals surface area contributed by atoms with E-state index in [2.05, 4.69) is 5.32 Å². The molecule has 0 heterocycles. The number of carbonyl (C=O) groups is 2. The van der Waals surface area contributed by atoms with Crippen LogP contribution in [0.3, 0.4) is 0 Å². The molecule has 148 valence electrons. The van der Waals surface area contributed by atoms with Crippen LogP contribution in [0.5, 0.6) is 11.5 Å². The second kappa shape index (κ2) is 9.26. The first-order valence-electron chi connectivity index (χ1n) is 8.98. The number of Topliss-reactive ketones (excluding diaryl/α,β-unsaturated/α-hetero) is 1. The Balaban J connectivity index is 1.66. The van der Waals surface area contributed by atoms with Crippen LogP contribution in [0, 0.1) is 0 Å². The molecule has 0 aromatic heterocycles. The fourth-order valence-electron chi connectivity index (χ4n) is 2.70. The lowest BCUT2D eigenvalue weighted by atomic mass is 10.1. The molecule has 1 unspecified atom stereocenters. The van der Waals surface area contributed by atoms with E-state index in [9.17, 15) is 9.59 Å². The number of benzene rings is 3. The first-order chi connectivity index (χ1) is 14.0. The molecule has 29 heavy (non-hydrogen) atoms. The molecule has 0 aliphatic heterocycles. The Labute approximate surface area is 174 Å². The highest BCUT2D eigenvalue weighted by molar-refractivity contribution is 6.30. The lowest BCUT2D eigenvalue weighted by Gasteiger charge is -2.15. The minimum absolute atomic E-state index is 0.150. The van der Waals surface area contributed by atoms with Gasteiger partial charge in [-0.2, -0.15) is 0 Å². The SMILES string of the molecule is COc1ccc(C(=O)C(C)Oc2cccc(NC(=O)c3ccc(Cl)cc3)c2)cc1. The number of hydrogen-bond acceptors (Lipinski definition) is 4. The van der Waals surface area contributed by atoms with Gasteiger partial charge in [0.15, 0.2) is 6.10 Å². The van der Waals surface area contributed by atoms with Crippen LogP contribution in [0.15, 0.2) is 72.8 Å². The molecule has 1 amide bonds. The summed E-state index contributed by atoms with van der Waals surface area (Å²) in [6.07, 6.45) is -0.689. The van der Waals surface area contributed by atoms with Gasteiger partial charge in [-0.1, -0.05) is 17.7 Å². The van der Waals surface area contributed by atoms with Crippen molar-refractivity contribution in [1.29, 1.82) is 0 Å². The highest BCUT2D eigenvalue weighted by Gasteiger charge is 2.17. The van der Waals surface area contributed by atoms with E-state index in [-0.39, 0.29) is 11.7 Å². The minimum atomic E-state index is -0.689. The Morgan fingerprint density at radius 2 is 1.55 bits per heavy atom. The van der Waals surface area contributed by atoms with E-state index in [0.717, 1.165) is 0 Å². The van der Waals surface area contributed by atoms with Gasteiger partial charge in [-0.25, -0.2) is 0 Å². The van der Waals surface area contributed by atoms with Gasteiger partial charge in [0.1, 0.15) is 11.5 Å². The van der Waals surface area contributed by atoms with Gasteiger partial charge in [0.05, 0.1) is 7.11 Å². The summed E-state index contributed by atoms with van der Waals surface area (Å²) in [5.41, 5.74) is 1.58. The van der Waals surface area contributed by atoms with Crippen LogP contribution in [0.4, 0.5) is 5.69 Å². The molecular formula is C23H20ClNO4. The minimum Gasteiger partial charge on any atom is -0.497 e. The molecule has 0 spiro atoms. The van der Waals surface area contributed by atoms with Crippen LogP contribution in [-0.4, -0.2) is 24.9 Å². The summed E-state index contributed by atoms with van der Waals surface area (Å²) in [7, 11) is 1.57. The number of carbonyl (C=O) groups excluding carboxylic acids is 2. The number of rotatable bonds is 7. The molecule has 1 atom stereocenters. The monoisotopic (exact) mass is 409 g/mol. The topological polar surface area (TPSA) is 64.6 Å². The van der Waals surface area contributed by atoms with E-state index in [1.807, 2.05) is 0 Å². The molecule has 5 nitrogen and oxygen atoms in total. The maximum atomic E-state index is 12.6. The quantitative estimate of drug-likeness (QED) is 0.541. The molecule has 3 rings (SSSR count). The third kappa shape index (κ3) is 5.36. The molecule has 0 saturated heterocycles. The normalized spacial score (nSPS) is 11.4. The van der Waals surface area contributed by atoms with Gasteiger partial charge in [0.25, 0.3) is 5.91 Å². The summed E-state index contributed by atoms with van der Waals surface area (Å²) in [6.45, 7) is 1.69. The average molecular weight is 410 g/mol. The average Bonchev–Trinajstić information content (AvgIpc) is 2.74. The fraction of sp³-hybridized carbons (Fsp3) is 0.130. The Morgan fingerprint density at radius 1 is 0.897 bits per heavy atom. The number of hydrogen-bond donors (Lipinski definition) is 1. The first kappa shape index (κ1) is 20.4. The van der Waals surface area contributed by atoms with Gasteiger partial charge in [-0.3, -0.25) is 9.59 Å². The zero-order chi connectivity index (χ0) is 20.8. The van der Waals surface area contributed by atoms with E-state index in [0.29, 0.717) is 33.3 Å². The van der Waals surface area contributed by atoms with Gasteiger partial charge in [-0.15, -0.1) is 0 Å².